The number of thiophene rings is 1. The third-order valence-electron chi connectivity index (χ3n) is 6.41. The molecule has 3 aromatic heterocycles. The Kier molecular flexibility index (Phi) is 7.09. The number of nitrogens with zero attached hydrogens (tertiary/aromatic N) is 3. The van der Waals surface area contributed by atoms with Crippen LogP contribution in [0.3, 0.4) is 0 Å². The third-order valence-corrected chi connectivity index (χ3v) is 7.51. The van der Waals surface area contributed by atoms with E-state index in [4.69, 9.17) is 21.3 Å². The summed E-state index contributed by atoms with van der Waals surface area (Å²) in [5.41, 5.74) is 3.92. The molecule has 0 saturated carbocycles. The number of hydrogen-bond donors (Lipinski definition) is 0. The third kappa shape index (κ3) is 5.55. The molecular weight excluding hydrogens is 536 g/mol. The van der Waals surface area contributed by atoms with E-state index in [1.165, 1.54) is 17.0 Å². The van der Waals surface area contributed by atoms with Gasteiger partial charge in [-0.2, -0.15) is 0 Å². The monoisotopic (exact) mass is 557 g/mol. The molecule has 8 heteroatoms. The predicted octanol–water partition coefficient (Wildman–Crippen LogP) is 8.31. The Morgan fingerprint density at radius 2 is 1.74 bits per heavy atom. The second-order valence-electron chi connectivity index (χ2n) is 9.06. The molecule has 0 bridgehead atoms. The van der Waals surface area contributed by atoms with Crippen LogP contribution in [0.15, 0.2) is 96.4 Å². The second kappa shape index (κ2) is 11.0. The van der Waals surface area contributed by atoms with Crippen LogP contribution in [-0.2, 0) is 19.6 Å². The molecule has 0 saturated heterocycles. The van der Waals surface area contributed by atoms with Crippen molar-refractivity contribution in [2.75, 3.05) is 0 Å². The molecule has 0 radical (unpaired) electrons. The summed E-state index contributed by atoms with van der Waals surface area (Å²) in [6.45, 7) is 0.693. The average molecular weight is 558 g/mol. The number of pyridine rings is 1. The van der Waals surface area contributed by atoms with Gasteiger partial charge in [-0.05, 0) is 59.5 Å². The van der Waals surface area contributed by atoms with Crippen LogP contribution in [0.25, 0.3) is 22.3 Å². The molecule has 0 unspecified atom stereocenters. The number of benzene rings is 3. The van der Waals surface area contributed by atoms with E-state index in [0.29, 0.717) is 34.8 Å². The lowest BCUT2D eigenvalue weighted by Gasteiger charge is -2.11. The number of fused-ring (bicyclic) bond motifs is 1. The van der Waals surface area contributed by atoms with Crippen molar-refractivity contribution >= 4 is 34.0 Å². The smallest absolute Gasteiger partial charge is 0.214 e. The summed E-state index contributed by atoms with van der Waals surface area (Å²) in [5.74, 6) is 0.304. The Balaban J connectivity index is 1.23. The van der Waals surface area contributed by atoms with Crippen LogP contribution in [0.2, 0.25) is 5.02 Å². The van der Waals surface area contributed by atoms with Gasteiger partial charge >= 0.3 is 0 Å². The highest BCUT2D eigenvalue weighted by Crippen LogP contribution is 2.27. The van der Waals surface area contributed by atoms with Gasteiger partial charge in [0.15, 0.2) is 0 Å². The number of halogens is 3. The summed E-state index contributed by atoms with van der Waals surface area (Å²) in [5, 5.41) is 2.38. The fourth-order valence-corrected chi connectivity index (χ4v) is 5.34. The molecule has 39 heavy (non-hydrogen) atoms. The summed E-state index contributed by atoms with van der Waals surface area (Å²) >= 11 is 7.52. The van der Waals surface area contributed by atoms with Gasteiger partial charge in [-0.3, -0.25) is 0 Å². The molecule has 3 heterocycles. The lowest BCUT2D eigenvalue weighted by Crippen LogP contribution is -2.05. The van der Waals surface area contributed by atoms with Gasteiger partial charge < -0.3 is 9.30 Å². The molecule has 0 aliphatic heterocycles. The van der Waals surface area contributed by atoms with Crippen LogP contribution >= 0.6 is 22.9 Å². The summed E-state index contributed by atoms with van der Waals surface area (Å²) in [6.07, 6.45) is 0.487. The van der Waals surface area contributed by atoms with Gasteiger partial charge in [0.1, 0.15) is 24.1 Å². The van der Waals surface area contributed by atoms with Gasteiger partial charge in [-0.25, -0.2) is 18.7 Å². The minimum atomic E-state index is -0.454. The first-order valence-electron chi connectivity index (χ1n) is 12.3. The average Bonchev–Trinajstić information content (AvgIpc) is 3.57. The summed E-state index contributed by atoms with van der Waals surface area (Å²) in [7, 11) is 0. The Bertz CT molecular complexity index is 1770. The zero-order chi connectivity index (χ0) is 26.8. The van der Waals surface area contributed by atoms with E-state index in [2.05, 4.69) is 27.1 Å². The van der Waals surface area contributed by atoms with Crippen molar-refractivity contribution in [1.82, 2.24) is 14.5 Å². The van der Waals surface area contributed by atoms with Gasteiger partial charge in [-0.15, -0.1) is 11.3 Å². The quantitative estimate of drug-likeness (QED) is 0.189. The van der Waals surface area contributed by atoms with Crippen LogP contribution < -0.4 is 4.74 Å². The highest BCUT2D eigenvalue weighted by Gasteiger charge is 2.15. The molecule has 0 fully saturated rings. The van der Waals surface area contributed by atoms with Crippen molar-refractivity contribution < 1.29 is 13.5 Å². The lowest BCUT2D eigenvalue weighted by atomic mass is 10.1. The minimum absolute atomic E-state index is 0.0205. The molecule has 4 nitrogen and oxygen atoms in total. The number of ether oxygens (including phenoxy) is 1. The fraction of sp³-hybridized carbons (Fsp3) is 0.0968. The van der Waals surface area contributed by atoms with E-state index in [-0.39, 0.29) is 18.3 Å². The van der Waals surface area contributed by atoms with Gasteiger partial charge in [0.2, 0.25) is 5.88 Å². The molecule has 6 aromatic rings. The summed E-state index contributed by atoms with van der Waals surface area (Å²) in [6, 6.07) is 26.8. The Labute approximate surface area is 233 Å². The predicted molar refractivity (Wildman–Crippen MR) is 151 cm³/mol. The number of imidazole rings is 1. The van der Waals surface area contributed by atoms with E-state index in [0.717, 1.165) is 22.4 Å². The Morgan fingerprint density at radius 1 is 0.846 bits per heavy atom. The van der Waals surface area contributed by atoms with Crippen molar-refractivity contribution in [2.45, 2.75) is 19.6 Å². The fourth-order valence-electron chi connectivity index (χ4n) is 4.49. The molecule has 0 amide bonds. The maximum atomic E-state index is 15.4. The van der Waals surface area contributed by atoms with Gasteiger partial charge in [0, 0.05) is 33.5 Å². The van der Waals surface area contributed by atoms with Crippen molar-refractivity contribution in [1.29, 1.82) is 0 Å². The van der Waals surface area contributed by atoms with Gasteiger partial charge in [0.25, 0.3) is 0 Å². The molecule has 194 valence electrons. The van der Waals surface area contributed by atoms with Gasteiger partial charge in [0.05, 0.1) is 23.3 Å². The number of hydrogen-bond acceptors (Lipinski definition) is 4. The molecule has 0 spiro atoms. The summed E-state index contributed by atoms with van der Waals surface area (Å²) in [4.78, 5) is 10.5. The van der Waals surface area contributed by atoms with Crippen LogP contribution in [0.1, 0.15) is 21.8 Å². The van der Waals surface area contributed by atoms with Crippen LogP contribution in [-0.4, -0.2) is 14.5 Å². The standard InChI is InChI=1S/C31H22ClF2N3OS/c32-22-12-11-21(25(33)17-22)19-38-31-9-3-7-27(36-31)24-13-10-20(15-26(24)34)16-30-35-28-6-1-2-8-29(28)37(30)18-23-5-4-14-39-23/h1-15,17H,16,18-19H2. The zero-order valence-corrected chi connectivity index (χ0v) is 22.2. The topological polar surface area (TPSA) is 39.9 Å². The van der Waals surface area contributed by atoms with E-state index in [1.807, 2.05) is 30.3 Å². The molecule has 3 aromatic carbocycles. The number of rotatable bonds is 8. The Morgan fingerprint density at radius 3 is 2.56 bits per heavy atom. The molecule has 0 aliphatic carbocycles. The number of para-hydroxylation sites is 2. The maximum absolute atomic E-state index is 15.4. The first-order valence-corrected chi connectivity index (χ1v) is 13.6. The SMILES string of the molecule is Fc1cc(Cl)ccc1COc1cccc(-c2ccc(Cc3nc4ccccc4n3Cc3cccs3)cc2F)n1. The van der Waals surface area contributed by atoms with E-state index < -0.39 is 5.82 Å². The van der Waals surface area contributed by atoms with Crippen molar-refractivity contribution in [3.05, 3.63) is 135 Å². The van der Waals surface area contributed by atoms with Crippen molar-refractivity contribution in [3.63, 3.8) is 0 Å². The normalized spacial score (nSPS) is 11.3. The molecular formula is C31H22ClF2N3OS. The Hall–Kier alpha value is -4.07. The van der Waals surface area contributed by atoms with E-state index in [9.17, 15) is 4.39 Å². The largest absolute Gasteiger partial charge is 0.473 e. The first kappa shape index (κ1) is 25.2. The highest BCUT2D eigenvalue weighted by atomic mass is 35.5. The highest BCUT2D eigenvalue weighted by molar-refractivity contribution is 7.09. The maximum Gasteiger partial charge on any atom is 0.214 e. The zero-order valence-electron chi connectivity index (χ0n) is 20.7. The van der Waals surface area contributed by atoms with E-state index in [1.54, 1.807) is 47.7 Å². The number of aromatic nitrogens is 3. The minimum Gasteiger partial charge on any atom is -0.473 e. The van der Waals surface area contributed by atoms with Gasteiger partial charge in [-0.1, -0.05) is 48.0 Å². The van der Waals surface area contributed by atoms with Crippen LogP contribution in [0, 0.1) is 11.6 Å². The van der Waals surface area contributed by atoms with E-state index >= 15 is 4.39 Å². The summed E-state index contributed by atoms with van der Waals surface area (Å²) < 4.78 is 37.3. The molecule has 0 N–H and O–H groups in total. The first-order chi connectivity index (χ1) is 19.0. The lowest BCUT2D eigenvalue weighted by molar-refractivity contribution is 0.288. The molecule has 0 atom stereocenters. The molecule has 0 aliphatic rings. The van der Waals surface area contributed by atoms with Crippen molar-refractivity contribution in [3.8, 4) is 17.1 Å². The molecule has 6 rings (SSSR count). The van der Waals surface area contributed by atoms with Crippen LogP contribution in [0.4, 0.5) is 8.78 Å². The van der Waals surface area contributed by atoms with Crippen LogP contribution in [0.5, 0.6) is 5.88 Å². The second-order valence-corrected chi connectivity index (χ2v) is 10.5. The van der Waals surface area contributed by atoms with Crippen molar-refractivity contribution in [2.24, 2.45) is 0 Å².